The van der Waals surface area contributed by atoms with Gasteiger partial charge < -0.3 is 14.5 Å². The van der Waals surface area contributed by atoms with Crippen LogP contribution >= 0.6 is 0 Å². The van der Waals surface area contributed by atoms with Crippen LogP contribution in [0.15, 0.2) is 18.5 Å². The average molecular weight is 292 g/mol. The first kappa shape index (κ1) is 15.5. The summed E-state index contributed by atoms with van der Waals surface area (Å²) in [6.07, 6.45) is 4.27. The van der Waals surface area contributed by atoms with E-state index in [0.29, 0.717) is 12.5 Å². The molecule has 0 radical (unpaired) electrons. The summed E-state index contributed by atoms with van der Waals surface area (Å²) in [5.74, 6) is 1.19. The van der Waals surface area contributed by atoms with Gasteiger partial charge in [-0.25, -0.2) is 14.8 Å². The van der Waals surface area contributed by atoms with Crippen LogP contribution in [-0.4, -0.2) is 53.2 Å². The number of aromatic nitrogens is 2. The first-order chi connectivity index (χ1) is 9.85. The second-order valence-electron chi connectivity index (χ2n) is 6.51. The van der Waals surface area contributed by atoms with E-state index in [4.69, 9.17) is 4.74 Å². The largest absolute Gasteiger partial charge is 0.444 e. The Kier molecular flexibility index (Phi) is 4.65. The Labute approximate surface area is 126 Å². The van der Waals surface area contributed by atoms with Gasteiger partial charge >= 0.3 is 6.09 Å². The molecule has 0 N–H and O–H groups in total. The zero-order valence-corrected chi connectivity index (χ0v) is 13.2. The fourth-order valence-corrected chi connectivity index (χ4v) is 2.42. The molecule has 0 aromatic carbocycles. The summed E-state index contributed by atoms with van der Waals surface area (Å²) in [5, 5.41) is 0. The van der Waals surface area contributed by atoms with E-state index in [9.17, 15) is 4.79 Å². The lowest BCUT2D eigenvalue weighted by Crippen LogP contribution is -2.37. The maximum Gasteiger partial charge on any atom is 0.410 e. The Morgan fingerprint density at radius 3 is 2.71 bits per heavy atom. The fraction of sp³-hybridized carbons (Fsp3) is 0.667. The van der Waals surface area contributed by atoms with Crippen LogP contribution in [0, 0.1) is 5.92 Å². The molecule has 1 fully saturated rings. The second-order valence-corrected chi connectivity index (χ2v) is 6.51. The Morgan fingerprint density at radius 2 is 2.10 bits per heavy atom. The first-order valence-corrected chi connectivity index (χ1v) is 7.31. The number of carbonyl (C=O) groups excluding carboxylic acids is 1. The minimum absolute atomic E-state index is 0.267. The highest BCUT2D eigenvalue weighted by atomic mass is 16.6. The average Bonchev–Trinajstić information content (AvgIpc) is 2.86. The third-order valence-electron chi connectivity index (χ3n) is 3.36. The highest BCUT2D eigenvalue weighted by molar-refractivity contribution is 5.67. The van der Waals surface area contributed by atoms with Crippen LogP contribution in [0.25, 0.3) is 0 Å². The van der Waals surface area contributed by atoms with Gasteiger partial charge in [0, 0.05) is 39.1 Å². The molecule has 2 heterocycles. The molecule has 21 heavy (non-hydrogen) atoms. The molecular formula is C15H24N4O2. The molecule has 1 amide bonds. The van der Waals surface area contributed by atoms with Gasteiger partial charge in [-0.3, -0.25) is 0 Å². The van der Waals surface area contributed by atoms with Crippen LogP contribution in [0.3, 0.4) is 0 Å². The predicted octanol–water partition coefficient (Wildman–Crippen LogP) is 2.17. The lowest BCUT2D eigenvalue weighted by atomic mass is 10.1. The summed E-state index contributed by atoms with van der Waals surface area (Å²) in [4.78, 5) is 24.3. The van der Waals surface area contributed by atoms with E-state index in [1.807, 2.05) is 26.8 Å². The topological polar surface area (TPSA) is 58.6 Å². The van der Waals surface area contributed by atoms with E-state index < -0.39 is 5.60 Å². The van der Waals surface area contributed by atoms with Crippen molar-refractivity contribution in [1.29, 1.82) is 0 Å². The van der Waals surface area contributed by atoms with Gasteiger partial charge in [0.1, 0.15) is 5.60 Å². The summed E-state index contributed by atoms with van der Waals surface area (Å²) in [6, 6.07) is 1.81. The number of ether oxygens (including phenoxy) is 1. The highest BCUT2D eigenvalue weighted by Gasteiger charge is 2.27. The van der Waals surface area contributed by atoms with E-state index in [2.05, 4.69) is 14.9 Å². The number of anilines is 1. The van der Waals surface area contributed by atoms with Crippen molar-refractivity contribution >= 4 is 12.0 Å². The quantitative estimate of drug-likeness (QED) is 0.854. The molecule has 6 nitrogen and oxygen atoms in total. The van der Waals surface area contributed by atoms with Gasteiger partial charge in [0.05, 0.1) is 0 Å². The normalized spacial score (nSPS) is 18.7. The second kappa shape index (κ2) is 6.28. The number of hydrogen-bond donors (Lipinski definition) is 0. The van der Waals surface area contributed by atoms with E-state index in [1.54, 1.807) is 24.3 Å². The Bertz CT molecular complexity index is 472. The van der Waals surface area contributed by atoms with Crippen molar-refractivity contribution in [2.75, 3.05) is 31.6 Å². The Hall–Kier alpha value is -1.85. The lowest BCUT2D eigenvalue weighted by Gasteiger charge is -2.26. The zero-order valence-electron chi connectivity index (χ0n) is 13.2. The number of hydrogen-bond acceptors (Lipinski definition) is 5. The molecule has 0 bridgehead atoms. The summed E-state index contributed by atoms with van der Waals surface area (Å²) >= 11 is 0. The molecule has 1 aromatic rings. The molecule has 2 rings (SSSR count). The standard InChI is InChI=1S/C15H24N4O2/c1-15(2,3)21-14(20)18(4)10-12-6-9-19(11-12)13-16-7-5-8-17-13/h5,7-8,12H,6,9-11H2,1-4H3. The van der Waals surface area contributed by atoms with Gasteiger partial charge in [0.2, 0.25) is 5.95 Å². The van der Waals surface area contributed by atoms with Crippen LogP contribution in [0.2, 0.25) is 0 Å². The van der Waals surface area contributed by atoms with Gasteiger partial charge in [-0.05, 0) is 39.2 Å². The van der Waals surface area contributed by atoms with Gasteiger partial charge in [-0.2, -0.15) is 0 Å². The minimum Gasteiger partial charge on any atom is -0.444 e. The van der Waals surface area contributed by atoms with Crippen molar-refractivity contribution in [1.82, 2.24) is 14.9 Å². The molecule has 6 heteroatoms. The molecular weight excluding hydrogens is 268 g/mol. The fourth-order valence-electron chi connectivity index (χ4n) is 2.42. The van der Waals surface area contributed by atoms with E-state index >= 15 is 0 Å². The maximum atomic E-state index is 12.0. The Balaban J connectivity index is 1.84. The number of amides is 1. The van der Waals surface area contributed by atoms with Gasteiger partial charge in [-0.1, -0.05) is 0 Å². The van der Waals surface area contributed by atoms with Crippen molar-refractivity contribution in [2.45, 2.75) is 32.8 Å². The molecule has 0 spiro atoms. The molecule has 1 aliphatic rings. The zero-order chi connectivity index (χ0) is 15.5. The minimum atomic E-state index is -0.453. The molecule has 1 aromatic heterocycles. The SMILES string of the molecule is CN(CC1CCN(c2ncccn2)C1)C(=O)OC(C)(C)C. The molecule has 0 aliphatic carbocycles. The van der Waals surface area contributed by atoms with Crippen molar-refractivity contribution in [3.63, 3.8) is 0 Å². The van der Waals surface area contributed by atoms with Crippen LogP contribution in [-0.2, 0) is 4.74 Å². The summed E-state index contributed by atoms with van der Waals surface area (Å²) in [5.41, 5.74) is -0.453. The predicted molar refractivity (Wildman–Crippen MR) is 81.2 cm³/mol. The van der Waals surface area contributed by atoms with Gasteiger partial charge in [-0.15, -0.1) is 0 Å². The van der Waals surface area contributed by atoms with E-state index in [0.717, 1.165) is 25.5 Å². The molecule has 1 unspecified atom stereocenters. The van der Waals surface area contributed by atoms with Gasteiger partial charge in [0.25, 0.3) is 0 Å². The summed E-state index contributed by atoms with van der Waals surface area (Å²) in [7, 11) is 1.79. The van der Waals surface area contributed by atoms with E-state index in [1.165, 1.54) is 0 Å². The van der Waals surface area contributed by atoms with E-state index in [-0.39, 0.29) is 6.09 Å². The number of carbonyl (C=O) groups is 1. The molecule has 116 valence electrons. The first-order valence-electron chi connectivity index (χ1n) is 7.31. The molecule has 0 saturated carbocycles. The molecule has 1 atom stereocenters. The smallest absolute Gasteiger partial charge is 0.410 e. The monoisotopic (exact) mass is 292 g/mol. The van der Waals surface area contributed by atoms with Crippen molar-refractivity contribution < 1.29 is 9.53 Å². The Morgan fingerprint density at radius 1 is 1.43 bits per heavy atom. The third kappa shape index (κ3) is 4.58. The third-order valence-corrected chi connectivity index (χ3v) is 3.36. The molecule has 1 saturated heterocycles. The van der Waals surface area contributed by atoms with Crippen molar-refractivity contribution in [3.8, 4) is 0 Å². The number of nitrogens with zero attached hydrogens (tertiary/aromatic N) is 4. The maximum absolute atomic E-state index is 12.0. The van der Waals surface area contributed by atoms with Crippen LogP contribution in [0.1, 0.15) is 27.2 Å². The van der Waals surface area contributed by atoms with Crippen LogP contribution in [0.5, 0.6) is 0 Å². The summed E-state index contributed by atoms with van der Waals surface area (Å²) < 4.78 is 5.37. The van der Waals surface area contributed by atoms with Crippen molar-refractivity contribution in [2.24, 2.45) is 5.92 Å². The summed E-state index contributed by atoms with van der Waals surface area (Å²) in [6.45, 7) is 8.13. The highest BCUT2D eigenvalue weighted by Crippen LogP contribution is 2.21. The van der Waals surface area contributed by atoms with Crippen molar-refractivity contribution in [3.05, 3.63) is 18.5 Å². The lowest BCUT2D eigenvalue weighted by molar-refractivity contribution is 0.0277. The molecule has 1 aliphatic heterocycles. The number of rotatable bonds is 3. The van der Waals surface area contributed by atoms with Gasteiger partial charge in [0.15, 0.2) is 0 Å². The van der Waals surface area contributed by atoms with Crippen LogP contribution < -0.4 is 4.90 Å². The van der Waals surface area contributed by atoms with Crippen LogP contribution in [0.4, 0.5) is 10.7 Å².